The molecule has 0 aromatic heterocycles. The Balaban J connectivity index is 1.98. The Bertz CT molecular complexity index is 943. The average molecular weight is 395 g/mol. The van der Waals surface area contributed by atoms with Crippen LogP contribution in [0.1, 0.15) is 30.9 Å². The van der Waals surface area contributed by atoms with Gasteiger partial charge in [0.15, 0.2) is 0 Å². The van der Waals surface area contributed by atoms with Gasteiger partial charge in [0.2, 0.25) is 0 Å². The molecule has 1 aliphatic rings. The van der Waals surface area contributed by atoms with E-state index in [4.69, 9.17) is 11.6 Å². The maximum atomic E-state index is 12.3. The minimum Gasteiger partial charge on any atom is -0.299 e. The van der Waals surface area contributed by atoms with Crippen LogP contribution in [0.15, 0.2) is 70.2 Å². The van der Waals surface area contributed by atoms with Crippen molar-refractivity contribution in [1.29, 1.82) is 5.26 Å². The van der Waals surface area contributed by atoms with E-state index in [1.54, 1.807) is 6.92 Å². The molecule has 0 bridgehead atoms. The zero-order valence-electron chi connectivity index (χ0n) is 15.1. The molecule has 136 valence electrons. The molecule has 0 saturated carbocycles. The fourth-order valence-corrected chi connectivity index (χ4v) is 4.50. The molecule has 0 aliphatic carbocycles. The van der Waals surface area contributed by atoms with Gasteiger partial charge in [-0.05, 0) is 37.1 Å². The van der Waals surface area contributed by atoms with Crippen LogP contribution >= 0.6 is 23.4 Å². The number of hydrogen-bond donors (Lipinski definition) is 0. The van der Waals surface area contributed by atoms with Crippen LogP contribution in [0.2, 0.25) is 5.02 Å². The fourth-order valence-electron chi connectivity index (χ4n) is 3.34. The molecule has 1 aliphatic heterocycles. The van der Waals surface area contributed by atoms with Crippen LogP contribution in [0, 0.1) is 17.2 Å². The summed E-state index contributed by atoms with van der Waals surface area (Å²) in [5.74, 6) is 0.0150. The maximum absolute atomic E-state index is 12.3. The number of hydrogen-bond acceptors (Lipinski definition) is 4. The van der Waals surface area contributed by atoms with Crippen LogP contribution in [-0.2, 0) is 10.5 Å². The van der Waals surface area contributed by atoms with Crippen LogP contribution in [0.3, 0.4) is 0 Å². The van der Waals surface area contributed by atoms with Gasteiger partial charge in [0, 0.05) is 22.4 Å². The third kappa shape index (κ3) is 4.32. The molecule has 3 rings (SSSR count). The Morgan fingerprint density at radius 2 is 1.85 bits per heavy atom. The first kappa shape index (κ1) is 19.4. The molecule has 0 fully saturated rings. The van der Waals surface area contributed by atoms with Crippen molar-refractivity contribution in [3.05, 3.63) is 81.3 Å². The molecular formula is C22H19ClN2OS. The number of rotatable bonds is 5. The number of carbonyl (C=O) groups excluding carboxylic acids is 1. The second-order valence-electron chi connectivity index (χ2n) is 6.48. The Morgan fingerprint density at radius 3 is 2.44 bits per heavy atom. The van der Waals surface area contributed by atoms with Crippen LogP contribution < -0.4 is 0 Å². The van der Waals surface area contributed by atoms with E-state index in [-0.39, 0.29) is 11.7 Å². The van der Waals surface area contributed by atoms with E-state index in [0.717, 1.165) is 16.8 Å². The van der Waals surface area contributed by atoms with Gasteiger partial charge in [0.05, 0.1) is 17.6 Å². The highest BCUT2D eigenvalue weighted by Crippen LogP contribution is 2.42. The van der Waals surface area contributed by atoms with Crippen molar-refractivity contribution < 1.29 is 4.79 Å². The normalized spacial score (nSPS) is 19.4. The second kappa shape index (κ2) is 8.56. The molecule has 1 unspecified atom stereocenters. The highest BCUT2D eigenvalue weighted by molar-refractivity contribution is 8.02. The highest BCUT2D eigenvalue weighted by atomic mass is 35.5. The lowest BCUT2D eigenvalue weighted by Crippen LogP contribution is -2.31. The Kier molecular flexibility index (Phi) is 6.15. The van der Waals surface area contributed by atoms with E-state index in [1.165, 1.54) is 11.8 Å². The van der Waals surface area contributed by atoms with Gasteiger partial charge in [-0.1, -0.05) is 54.1 Å². The van der Waals surface area contributed by atoms with Gasteiger partial charge in [-0.15, -0.1) is 11.8 Å². The smallest absolute Gasteiger partial charge is 0.139 e. The van der Waals surface area contributed by atoms with Gasteiger partial charge in [0.25, 0.3) is 0 Å². The quantitative estimate of drug-likeness (QED) is 0.646. The highest BCUT2D eigenvalue weighted by Gasteiger charge is 2.37. The summed E-state index contributed by atoms with van der Waals surface area (Å²) in [6.45, 7) is 3.44. The molecule has 2 aromatic carbocycles. The minimum absolute atomic E-state index is 0.0274. The van der Waals surface area contributed by atoms with E-state index in [9.17, 15) is 10.1 Å². The molecule has 0 amide bonds. The summed E-state index contributed by atoms with van der Waals surface area (Å²) in [6.07, 6.45) is 0. The van der Waals surface area contributed by atoms with Crippen molar-refractivity contribution in [3.8, 4) is 6.07 Å². The third-order valence-electron chi connectivity index (χ3n) is 4.61. The molecule has 0 spiro atoms. The van der Waals surface area contributed by atoms with Crippen molar-refractivity contribution in [1.82, 2.24) is 0 Å². The molecule has 0 N–H and O–H groups in total. The SMILES string of the molecule is CC(=O)C1C(C)=NC(SCc2ccc(Cl)cc2)=C(C#N)[C@@H]1c1ccccc1. The molecule has 0 radical (unpaired) electrons. The van der Waals surface area contributed by atoms with Crippen LogP contribution in [0.4, 0.5) is 0 Å². The number of Topliss-reactive ketones (excluding diaryl/α,β-unsaturated/α-hetero) is 1. The first-order valence-corrected chi connectivity index (χ1v) is 9.99. The predicted molar refractivity (Wildman–Crippen MR) is 112 cm³/mol. The topological polar surface area (TPSA) is 53.2 Å². The molecular weight excluding hydrogens is 376 g/mol. The van der Waals surface area contributed by atoms with Crippen LogP contribution in [0.25, 0.3) is 0 Å². The first-order chi connectivity index (χ1) is 13.0. The molecule has 27 heavy (non-hydrogen) atoms. The van der Waals surface area contributed by atoms with E-state index >= 15 is 0 Å². The number of carbonyl (C=O) groups is 1. The van der Waals surface area contributed by atoms with E-state index in [2.05, 4.69) is 11.1 Å². The minimum atomic E-state index is -0.401. The zero-order valence-corrected chi connectivity index (χ0v) is 16.7. The van der Waals surface area contributed by atoms with Gasteiger partial charge in [-0.2, -0.15) is 5.26 Å². The molecule has 2 atom stereocenters. The number of thioether (sulfide) groups is 1. The van der Waals surface area contributed by atoms with Crippen molar-refractivity contribution in [3.63, 3.8) is 0 Å². The van der Waals surface area contributed by atoms with Crippen molar-refractivity contribution in [2.24, 2.45) is 10.9 Å². The number of nitrogens with zero attached hydrogens (tertiary/aromatic N) is 2. The van der Waals surface area contributed by atoms with Crippen LogP contribution in [0.5, 0.6) is 0 Å². The van der Waals surface area contributed by atoms with Crippen molar-refractivity contribution in [2.45, 2.75) is 25.5 Å². The second-order valence-corrected chi connectivity index (χ2v) is 7.88. The molecule has 0 saturated heterocycles. The lowest BCUT2D eigenvalue weighted by Gasteiger charge is -2.30. The summed E-state index contributed by atoms with van der Waals surface area (Å²) < 4.78 is 0. The van der Waals surface area contributed by atoms with Gasteiger partial charge in [-0.25, -0.2) is 4.99 Å². The molecule has 5 heteroatoms. The summed E-state index contributed by atoms with van der Waals surface area (Å²) >= 11 is 7.47. The zero-order chi connectivity index (χ0) is 19.4. The maximum Gasteiger partial charge on any atom is 0.139 e. The van der Waals surface area contributed by atoms with Gasteiger partial charge >= 0.3 is 0 Å². The lowest BCUT2D eigenvalue weighted by molar-refractivity contribution is -0.119. The number of ketones is 1. The fraction of sp³-hybridized carbons (Fsp3) is 0.227. The Morgan fingerprint density at radius 1 is 1.19 bits per heavy atom. The average Bonchev–Trinajstić information content (AvgIpc) is 2.67. The van der Waals surface area contributed by atoms with E-state index in [1.807, 2.05) is 61.5 Å². The first-order valence-electron chi connectivity index (χ1n) is 8.63. The van der Waals surface area contributed by atoms with E-state index < -0.39 is 5.92 Å². The monoisotopic (exact) mass is 394 g/mol. The summed E-state index contributed by atoms with van der Waals surface area (Å²) in [7, 11) is 0. The van der Waals surface area contributed by atoms with Crippen molar-refractivity contribution >= 4 is 34.9 Å². The molecule has 3 nitrogen and oxygen atoms in total. The van der Waals surface area contributed by atoms with Crippen molar-refractivity contribution in [2.75, 3.05) is 0 Å². The van der Waals surface area contributed by atoms with E-state index in [0.29, 0.717) is 21.4 Å². The number of benzene rings is 2. The summed E-state index contributed by atoms with van der Waals surface area (Å²) in [4.78, 5) is 17.0. The lowest BCUT2D eigenvalue weighted by atomic mass is 9.75. The number of halogens is 1. The number of aliphatic imine (C=N–C) groups is 1. The van der Waals surface area contributed by atoms with Gasteiger partial charge in [0.1, 0.15) is 10.8 Å². The van der Waals surface area contributed by atoms with Gasteiger partial charge in [-0.3, -0.25) is 4.79 Å². The van der Waals surface area contributed by atoms with Crippen LogP contribution in [-0.4, -0.2) is 11.5 Å². The summed E-state index contributed by atoms with van der Waals surface area (Å²) in [6, 6.07) is 19.7. The third-order valence-corrected chi connectivity index (χ3v) is 5.92. The van der Waals surface area contributed by atoms with Gasteiger partial charge < -0.3 is 0 Å². The largest absolute Gasteiger partial charge is 0.299 e. The number of allylic oxidation sites excluding steroid dienone is 1. The molecule has 2 aromatic rings. The Labute approximate surface area is 168 Å². The standard InChI is InChI=1S/C22H19ClN2OS/c1-14-20(15(2)26)21(17-6-4-3-5-7-17)19(12-24)22(25-14)27-13-16-8-10-18(23)11-9-16/h3-11,20-21H,13H2,1-2H3/t20?,21-/m0/s1. The Hall–Kier alpha value is -2.35. The summed E-state index contributed by atoms with van der Waals surface area (Å²) in [5, 5.41) is 11.3. The summed E-state index contributed by atoms with van der Waals surface area (Å²) in [5.41, 5.74) is 3.39. The molecule has 1 heterocycles. The predicted octanol–water partition coefficient (Wildman–Crippen LogP) is 5.77. The number of nitriles is 1.